The highest BCUT2D eigenvalue weighted by Crippen LogP contribution is 2.29. The lowest BCUT2D eigenvalue weighted by atomic mass is 10.1. The van der Waals surface area contributed by atoms with Crippen LogP contribution in [-0.4, -0.2) is 9.78 Å². The summed E-state index contributed by atoms with van der Waals surface area (Å²) in [4.78, 5) is 0. The monoisotopic (exact) mass is 346 g/mol. The molecule has 0 bridgehead atoms. The third kappa shape index (κ3) is 3.75. The van der Waals surface area contributed by atoms with Crippen molar-refractivity contribution in [3.63, 3.8) is 0 Å². The zero-order valence-electron chi connectivity index (χ0n) is 12.7. The molecule has 0 amide bonds. The molecule has 0 saturated heterocycles. The van der Waals surface area contributed by atoms with Gasteiger partial charge >= 0.3 is 0 Å². The Morgan fingerprint density at radius 3 is 2.35 bits per heavy atom. The van der Waals surface area contributed by atoms with E-state index in [1.165, 1.54) is 0 Å². The minimum Gasteiger partial charge on any atom is -0.372 e. The van der Waals surface area contributed by atoms with Gasteiger partial charge in [-0.1, -0.05) is 65.7 Å². The maximum absolute atomic E-state index is 6.37. The van der Waals surface area contributed by atoms with Crippen molar-refractivity contribution in [2.75, 3.05) is 0 Å². The molecule has 0 saturated carbocycles. The Morgan fingerprint density at radius 1 is 0.957 bits per heavy atom. The molecule has 0 aliphatic heterocycles. The second-order valence-corrected chi connectivity index (χ2v) is 6.02. The fourth-order valence-corrected chi connectivity index (χ4v) is 2.66. The van der Waals surface area contributed by atoms with Gasteiger partial charge in [0.05, 0.1) is 18.9 Å². The van der Waals surface area contributed by atoms with Crippen LogP contribution in [0, 0.1) is 0 Å². The maximum Gasteiger partial charge on any atom is 0.132 e. The third-order valence-electron chi connectivity index (χ3n) is 3.54. The van der Waals surface area contributed by atoms with Gasteiger partial charge in [0.15, 0.2) is 0 Å². The minimum absolute atomic E-state index is 0.402. The Labute approximate surface area is 145 Å². The number of hydrogen-bond acceptors (Lipinski definition) is 2. The number of aromatic nitrogens is 2. The quantitative estimate of drug-likeness (QED) is 0.641. The van der Waals surface area contributed by atoms with E-state index in [9.17, 15) is 0 Å². The molecule has 0 fully saturated rings. The minimum atomic E-state index is 0.402. The van der Waals surface area contributed by atoms with Crippen LogP contribution in [0.3, 0.4) is 0 Å². The molecule has 3 rings (SSSR count). The van der Waals surface area contributed by atoms with Crippen LogP contribution >= 0.6 is 23.2 Å². The average Bonchev–Trinajstić information content (AvgIpc) is 2.86. The van der Waals surface area contributed by atoms with Crippen LogP contribution in [0.4, 0.5) is 0 Å². The van der Waals surface area contributed by atoms with Crippen LogP contribution in [0.25, 0.3) is 11.3 Å². The zero-order chi connectivity index (χ0) is 16.2. The second-order valence-electron chi connectivity index (χ2n) is 5.23. The topological polar surface area (TPSA) is 27.1 Å². The summed E-state index contributed by atoms with van der Waals surface area (Å²) in [6, 6.07) is 17.6. The van der Waals surface area contributed by atoms with Crippen molar-refractivity contribution in [1.29, 1.82) is 0 Å². The molecule has 23 heavy (non-hydrogen) atoms. The average molecular weight is 347 g/mol. The molecule has 0 unspecified atom stereocenters. The third-order valence-corrected chi connectivity index (χ3v) is 4.27. The molecule has 2 aromatic carbocycles. The molecule has 0 spiro atoms. The summed E-state index contributed by atoms with van der Waals surface area (Å²) < 4.78 is 7.49. The largest absolute Gasteiger partial charge is 0.372 e. The molecule has 1 heterocycles. The molecule has 0 radical (unpaired) electrons. The van der Waals surface area contributed by atoms with Crippen LogP contribution in [0.15, 0.2) is 54.6 Å². The summed E-state index contributed by atoms with van der Waals surface area (Å²) in [5.74, 6) is 0. The van der Waals surface area contributed by atoms with Crippen LogP contribution in [0.5, 0.6) is 0 Å². The summed E-state index contributed by atoms with van der Waals surface area (Å²) in [6.45, 7) is 0.899. The second kappa shape index (κ2) is 7.18. The highest BCUT2D eigenvalue weighted by Gasteiger charge is 2.16. The number of aryl methyl sites for hydroxylation is 1. The first kappa shape index (κ1) is 16.1. The normalized spacial score (nSPS) is 10.9. The van der Waals surface area contributed by atoms with Gasteiger partial charge in [0.2, 0.25) is 0 Å². The summed E-state index contributed by atoms with van der Waals surface area (Å²) >= 11 is 12.3. The molecule has 1 aromatic heterocycles. The fourth-order valence-electron chi connectivity index (χ4n) is 2.35. The lowest BCUT2D eigenvalue weighted by molar-refractivity contribution is 0.107. The van der Waals surface area contributed by atoms with E-state index in [1.54, 1.807) is 4.68 Å². The molecule has 3 aromatic rings. The van der Waals surface area contributed by atoms with Gasteiger partial charge in [0.25, 0.3) is 0 Å². The fraction of sp³-hybridized carbons (Fsp3) is 0.167. The van der Waals surface area contributed by atoms with Crippen LogP contribution in [0.1, 0.15) is 11.1 Å². The standard InChI is InChI=1S/C18H16Cl2N2O/c1-22-18(20)16(17(21-22)14-5-3-2-4-6-14)12-23-11-13-7-9-15(19)10-8-13/h2-10H,11-12H2,1H3. The van der Waals surface area contributed by atoms with E-state index in [0.29, 0.717) is 18.4 Å². The van der Waals surface area contributed by atoms with Crippen molar-refractivity contribution in [3.8, 4) is 11.3 Å². The predicted octanol–water partition coefficient (Wildman–Crippen LogP) is 5.11. The smallest absolute Gasteiger partial charge is 0.132 e. The SMILES string of the molecule is Cn1nc(-c2ccccc2)c(COCc2ccc(Cl)cc2)c1Cl. The number of benzene rings is 2. The summed E-state index contributed by atoms with van der Waals surface area (Å²) in [5.41, 5.74) is 3.85. The van der Waals surface area contributed by atoms with Gasteiger partial charge in [0.1, 0.15) is 5.15 Å². The number of rotatable bonds is 5. The van der Waals surface area contributed by atoms with E-state index < -0.39 is 0 Å². The van der Waals surface area contributed by atoms with Crippen molar-refractivity contribution >= 4 is 23.2 Å². The van der Waals surface area contributed by atoms with Gasteiger partial charge < -0.3 is 4.74 Å². The van der Waals surface area contributed by atoms with Crippen LogP contribution in [-0.2, 0) is 25.0 Å². The Balaban J connectivity index is 1.76. The van der Waals surface area contributed by atoms with Gasteiger partial charge in [-0.05, 0) is 17.7 Å². The molecule has 3 nitrogen and oxygen atoms in total. The number of halogens is 2. The number of nitrogens with zero attached hydrogens (tertiary/aromatic N) is 2. The lowest BCUT2D eigenvalue weighted by Crippen LogP contribution is -1.96. The van der Waals surface area contributed by atoms with E-state index in [0.717, 1.165) is 27.4 Å². The molecule has 5 heteroatoms. The van der Waals surface area contributed by atoms with Gasteiger partial charge in [0, 0.05) is 23.2 Å². The first-order chi connectivity index (χ1) is 11.1. The van der Waals surface area contributed by atoms with Crippen LogP contribution in [0.2, 0.25) is 10.2 Å². The Morgan fingerprint density at radius 2 is 1.65 bits per heavy atom. The molecule has 118 valence electrons. The first-order valence-electron chi connectivity index (χ1n) is 7.24. The van der Waals surface area contributed by atoms with E-state index in [1.807, 2.05) is 61.6 Å². The van der Waals surface area contributed by atoms with Gasteiger partial charge in [-0.3, -0.25) is 4.68 Å². The van der Waals surface area contributed by atoms with E-state index in [2.05, 4.69) is 5.10 Å². The Hall–Kier alpha value is -1.81. The molecule has 0 atom stereocenters. The molecular weight excluding hydrogens is 331 g/mol. The first-order valence-corrected chi connectivity index (χ1v) is 7.99. The zero-order valence-corrected chi connectivity index (χ0v) is 14.2. The molecular formula is C18H16Cl2N2O. The molecule has 0 aliphatic carbocycles. The molecule has 0 aliphatic rings. The van der Waals surface area contributed by atoms with Crippen LogP contribution < -0.4 is 0 Å². The van der Waals surface area contributed by atoms with E-state index in [-0.39, 0.29) is 0 Å². The predicted molar refractivity (Wildman–Crippen MR) is 93.6 cm³/mol. The van der Waals surface area contributed by atoms with E-state index >= 15 is 0 Å². The summed E-state index contributed by atoms with van der Waals surface area (Å²) in [7, 11) is 1.83. The molecule has 0 N–H and O–H groups in total. The van der Waals surface area contributed by atoms with Crippen molar-refractivity contribution in [2.24, 2.45) is 7.05 Å². The van der Waals surface area contributed by atoms with E-state index in [4.69, 9.17) is 27.9 Å². The number of ether oxygens (including phenoxy) is 1. The summed E-state index contributed by atoms with van der Waals surface area (Å²) in [6.07, 6.45) is 0. The van der Waals surface area contributed by atoms with Gasteiger partial charge in [-0.25, -0.2) is 0 Å². The highest BCUT2D eigenvalue weighted by molar-refractivity contribution is 6.31. The Kier molecular flexibility index (Phi) is 5.01. The van der Waals surface area contributed by atoms with Crippen molar-refractivity contribution in [3.05, 3.63) is 75.9 Å². The Bertz CT molecular complexity index is 783. The van der Waals surface area contributed by atoms with Gasteiger partial charge in [-0.2, -0.15) is 5.10 Å². The highest BCUT2D eigenvalue weighted by atomic mass is 35.5. The van der Waals surface area contributed by atoms with Crippen molar-refractivity contribution in [1.82, 2.24) is 9.78 Å². The number of hydrogen-bond donors (Lipinski definition) is 0. The lowest BCUT2D eigenvalue weighted by Gasteiger charge is -2.06. The van der Waals surface area contributed by atoms with Gasteiger partial charge in [-0.15, -0.1) is 0 Å². The van der Waals surface area contributed by atoms with Crippen molar-refractivity contribution < 1.29 is 4.74 Å². The summed E-state index contributed by atoms with van der Waals surface area (Å²) in [5, 5.41) is 5.82. The maximum atomic E-state index is 6.37. The van der Waals surface area contributed by atoms with Crippen molar-refractivity contribution in [2.45, 2.75) is 13.2 Å².